The summed E-state index contributed by atoms with van der Waals surface area (Å²) in [5.41, 5.74) is 0. The highest BCUT2D eigenvalue weighted by Crippen LogP contribution is 2.15. The monoisotopic (exact) mass is 437 g/mol. The summed E-state index contributed by atoms with van der Waals surface area (Å²) in [6.45, 7) is 9.99. The van der Waals surface area contributed by atoms with E-state index >= 15 is 0 Å². The first-order valence-corrected chi connectivity index (χ1v) is 8.32. The number of halogens is 1. The van der Waals surface area contributed by atoms with Crippen LogP contribution in [0, 0.1) is 12.8 Å². The summed E-state index contributed by atoms with van der Waals surface area (Å²) >= 11 is 0. The Bertz CT molecular complexity index is 443. The van der Waals surface area contributed by atoms with Crippen molar-refractivity contribution < 1.29 is 9.52 Å². The van der Waals surface area contributed by atoms with Gasteiger partial charge in [-0.2, -0.15) is 0 Å². The fraction of sp³-hybridized carbons (Fsp3) is 0.706. The predicted molar refractivity (Wildman–Crippen MR) is 106 cm³/mol. The predicted octanol–water partition coefficient (Wildman–Crippen LogP) is 3.62. The van der Waals surface area contributed by atoms with E-state index in [1.54, 1.807) is 0 Å². The molecule has 6 heteroatoms. The molecule has 1 rings (SSSR count). The van der Waals surface area contributed by atoms with Crippen molar-refractivity contribution in [3.8, 4) is 0 Å². The molecule has 23 heavy (non-hydrogen) atoms. The van der Waals surface area contributed by atoms with Gasteiger partial charge in [0.1, 0.15) is 11.5 Å². The third-order valence-corrected chi connectivity index (χ3v) is 3.63. The standard InChI is InChI=1S/C17H31N3O2.HI/c1-5-7-15(10-11-21)12-19-17(18-6-2)20-14(4)16-9-8-13(3)22-16;/h8-9,14-15,21H,5-7,10-12H2,1-4H3,(H2,18,19,20);1H. The molecule has 134 valence electrons. The molecule has 0 saturated heterocycles. The topological polar surface area (TPSA) is 69.8 Å². The molecule has 0 amide bonds. The molecular formula is C17H32IN3O2. The van der Waals surface area contributed by atoms with Crippen molar-refractivity contribution in [2.24, 2.45) is 10.9 Å². The van der Waals surface area contributed by atoms with E-state index in [2.05, 4.69) is 36.4 Å². The Morgan fingerprint density at radius 3 is 2.57 bits per heavy atom. The van der Waals surface area contributed by atoms with Crippen molar-refractivity contribution in [1.82, 2.24) is 10.6 Å². The van der Waals surface area contributed by atoms with Crippen LogP contribution in [0.2, 0.25) is 0 Å². The van der Waals surface area contributed by atoms with Gasteiger partial charge in [0.05, 0.1) is 6.04 Å². The molecule has 0 saturated carbocycles. The number of rotatable bonds is 9. The Balaban J connectivity index is 0.00000484. The smallest absolute Gasteiger partial charge is 0.191 e. The minimum atomic E-state index is 0. The summed E-state index contributed by atoms with van der Waals surface area (Å²) in [5.74, 6) is 3.05. The maximum Gasteiger partial charge on any atom is 0.191 e. The van der Waals surface area contributed by atoms with Gasteiger partial charge in [0, 0.05) is 19.7 Å². The lowest BCUT2D eigenvalue weighted by Crippen LogP contribution is -2.39. The van der Waals surface area contributed by atoms with Crippen LogP contribution in [0.15, 0.2) is 21.5 Å². The second-order valence-corrected chi connectivity index (χ2v) is 5.70. The number of aliphatic hydroxyl groups is 1. The lowest BCUT2D eigenvalue weighted by Gasteiger charge is -2.18. The van der Waals surface area contributed by atoms with Gasteiger partial charge in [0.25, 0.3) is 0 Å². The fourth-order valence-corrected chi connectivity index (χ4v) is 2.42. The third kappa shape index (κ3) is 8.60. The number of aliphatic hydroxyl groups excluding tert-OH is 1. The summed E-state index contributed by atoms with van der Waals surface area (Å²) in [4.78, 5) is 4.66. The number of guanidine groups is 1. The van der Waals surface area contributed by atoms with Crippen LogP contribution in [0.1, 0.15) is 57.6 Å². The van der Waals surface area contributed by atoms with Crippen molar-refractivity contribution in [3.63, 3.8) is 0 Å². The zero-order chi connectivity index (χ0) is 16.4. The highest BCUT2D eigenvalue weighted by Gasteiger charge is 2.12. The van der Waals surface area contributed by atoms with Gasteiger partial charge in [0.2, 0.25) is 0 Å². The van der Waals surface area contributed by atoms with E-state index in [1.807, 2.05) is 19.1 Å². The molecular weight excluding hydrogens is 405 g/mol. The van der Waals surface area contributed by atoms with Crippen LogP contribution in [-0.4, -0.2) is 30.8 Å². The van der Waals surface area contributed by atoms with Crippen LogP contribution < -0.4 is 10.6 Å². The molecule has 0 aromatic carbocycles. The molecule has 1 aromatic rings. The highest BCUT2D eigenvalue weighted by atomic mass is 127. The summed E-state index contributed by atoms with van der Waals surface area (Å²) in [7, 11) is 0. The first kappa shape index (κ1) is 22.2. The molecule has 0 fully saturated rings. The van der Waals surface area contributed by atoms with Gasteiger partial charge in [0.15, 0.2) is 5.96 Å². The number of hydrogen-bond donors (Lipinski definition) is 3. The second-order valence-electron chi connectivity index (χ2n) is 5.70. The quantitative estimate of drug-likeness (QED) is 0.314. The SMILES string of the molecule is CCCC(CCO)CN=C(NCC)NC(C)c1ccc(C)o1.I. The van der Waals surface area contributed by atoms with Crippen LogP contribution in [0.5, 0.6) is 0 Å². The molecule has 2 atom stereocenters. The zero-order valence-corrected chi connectivity index (χ0v) is 17.1. The fourth-order valence-electron chi connectivity index (χ4n) is 2.42. The summed E-state index contributed by atoms with van der Waals surface area (Å²) in [5, 5.41) is 15.8. The Hall–Kier alpha value is -0.760. The maximum atomic E-state index is 9.14. The van der Waals surface area contributed by atoms with E-state index < -0.39 is 0 Å². The minimum absolute atomic E-state index is 0. The molecule has 0 aliphatic carbocycles. The molecule has 2 unspecified atom stereocenters. The number of aliphatic imine (C=N–C) groups is 1. The molecule has 3 N–H and O–H groups in total. The minimum Gasteiger partial charge on any atom is -0.464 e. The number of hydrogen-bond acceptors (Lipinski definition) is 3. The molecule has 5 nitrogen and oxygen atoms in total. The van der Waals surface area contributed by atoms with Gasteiger partial charge in [-0.15, -0.1) is 24.0 Å². The first-order chi connectivity index (χ1) is 10.6. The Labute approximate surface area is 157 Å². The second kappa shape index (κ2) is 12.6. The van der Waals surface area contributed by atoms with Gasteiger partial charge in [-0.3, -0.25) is 4.99 Å². The summed E-state index contributed by atoms with van der Waals surface area (Å²) in [6, 6.07) is 4.02. The molecule has 1 heterocycles. The van der Waals surface area contributed by atoms with Crippen LogP contribution in [0.3, 0.4) is 0 Å². The Kier molecular flexibility index (Phi) is 12.2. The molecule has 0 radical (unpaired) electrons. The highest BCUT2D eigenvalue weighted by molar-refractivity contribution is 14.0. The zero-order valence-electron chi connectivity index (χ0n) is 14.8. The normalized spacial score (nSPS) is 14.0. The average Bonchev–Trinajstić information content (AvgIpc) is 2.92. The van der Waals surface area contributed by atoms with Crippen molar-refractivity contribution in [3.05, 3.63) is 23.7 Å². The van der Waals surface area contributed by atoms with Gasteiger partial charge in [-0.25, -0.2) is 0 Å². The lowest BCUT2D eigenvalue weighted by atomic mass is 10.0. The van der Waals surface area contributed by atoms with Gasteiger partial charge in [-0.1, -0.05) is 13.3 Å². The molecule has 0 aliphatic rings. The Morgan fingerprint density at radius 1 is 1.30 bits per heavy atom. The number of aryl methyl sites for hydroxylation is 1. The van der Waals surface area contributed by atoms with Crippen LogP contribution in [0.25, 0.3) is 0 Å². The Morgan fingerprint density at radius 2 is 2.04 bits per heavy atom. The largest absolute Gasteiger partial charge is 0.464 e. The number of nitrogens with zero attached hydrogens (tertiary/aromatic N) is 1. The van der Waals surface area contributed by atoms with E-state index in [0.29, 0.717) is 5.92 Å². The van der Waals surface area contributed by atoms with Gasteiger partial charge < -0.3 is 20.2 Å². The van der Waals surface area contributed by atoms with Crippen LogP contribution in [-0.2, 0) is 0 Å². The van der Waals surface area contributed by atoms with E-state index in [9.17, 15) is 0 Å². The third-order valence-electron chi connectivity index (χ3n) is 3.63. The van der Waals surface area contributed by atoms with Crippen LogP contribution in [0.4, 0.5) is 0 Å². The lowest BCUT2D eigenvalue weighted by molar-refractivity contribution is 0.253. The average molecular weight is 437 g/mol. The van der Waals surface area contributed by atoms with Crippen molar-refractivity contribution in [2.75, 3.05) is 19.7 Å². The first-order valence-electron chi connectivity index (χ1n) is 8.32. The number of furan rings is 1. The maximum absolute atomic E-state index is 9.14. The van der Waals surface area contributed by atoms with Gasteiger partial charge >= 0.3 is 0 Å². The van der Waals surface area contributed by atoms with Crippen LogP contribution >= 0.6 is 24.0 Å². The van der Waals surface area contributed by atoms with E-state index in [4.69, 9.17) is 9.52 Å². The summed E-state index contributed by atoms with van der Waals surface area (Å²) in [6.07, 6.45) is 3.02. The van der Waals surface area contributed by atoms with E-state index in [1.165, 1.54) is 0 Å². The summed E-state index contributed by atoms with van der Waals surface area (Å²) < 4.78 is 5.65. The molecule has 0 spiro atoms. The molecule has 0 bridgehead atoms. The number of nitrogens with one attached hydrogen (secondary N) is 2. The van der Waals surface area contributed by atoms with Crippen molar-refractivity contribution in [2.45, 2.75) is 53.0 Å². The van der Waals surface area contributed by atoms with Gasteiger partial charge in [-0.05, 0) is 51.7 Å². The van der Waals surface area contributed by atoms with Crippen molar-refractivity contribution >= 4 is 29.9 Å². The molecule has 0 aliphatic heterocycles. The van der Waals surface area contributed by atoms with Crippen molar-refractivity contribution in [1.29, 1.82) is 0 Å². The molecule has 1 aromatic heterocycles. The van der Waals surface area contributed by atoms with E-state index in [-0.39, 0.29) is 36.6 Å². The van der Waals surface area contributed by atoms with E-state index in [0.717, 1.165) is 49.8 Å².